The van der Waals surface area contributed by atoms with Gasteiger partial charge >= 0.3 is 0 Å². The lowest BCUT2D eigenvalue weighted by Crippen LogP contribution is -2.41. The van der Waals surface area contributed by atoms with Crippen LogP contribution in [0.4, 0.5) is 0 Å². The Morgan fingerprint density at radius 3 is 2.11 bits per heavy atom. The molecule has 18 heavy (non-hydrogen) atoms. The van der Waals surface area contributed by atoms with Crippen LogP contribution in [0.2, 0.25) is 0 Å². The SMILES string of the molecule is ClP(OC1(C(Cl)(Cl)Cl)CCCC1)c1ccccc1. The number of alkyl halides is 3. The van der Waals surface area contributed by atoms with E-state index in [4.69, 9.17) is 50.6 Å². The Morgan fingerprint density at radius 2 is 1.61 bits per heavy atom. The molecule has 6 heteroatoms. The molecule has 1 atom stereocenters. The predicted octanol–water partition coefficient (Wildman–Crippen LogP) is 5.56. The maximum atomic E-state index is 6.35. The van der Waals surface area contributed by atoms with Crippen molar-refractivity contribution in [3.8, 4) is 0 Å². The lowest BCUT2D eigenvalue weighted by atomic mass is 10.1. The molecule has 1 unspecified atom stereocenters. The molecule has 1 nitrogen and oxygen atoms in total. The molecular formula is C12H13Cl4OP. The lowest BCUT2D eigenvalue weighted by molar-refractivity contribution is 0.101. The van der Waals surface area contributed by atoms with Crippen molar-refractivity contribution in [2.24, 2.45) is 0 Å². The Labute approximate surface area is 128 Å². The molecule has 1 aromatic rings. The summed E-state index contributed by atoms with van der Waals surface area (Å²) in [4.78, 5) is 0. The third kappa shape index (κ3) is 3.26. The minimum Gasteiger partial charge on any atom is -0.329 e. The Balaban J connectivity index is 2.16. The van der Waals surface area contributed by atoms with Gasteiger partial charge in [-0.25, -0.2) is 0 Å². The van der Waals surface area contributed by atoms with E-state index in [0.717, 1.165) is 31.0 Å². The van der Waals surface area contributed by atoms with Crippen molar-refractivity contribution in [3.63, 3.8) is 0 Å². The molecule has 1 aliphatic carbocycles. The fraction of sp³-hybridized carbons (Fsp3) is 0.500. The van der Waals surface area contributed by atoms with Crippen LogP contribution < -0.4 is 5.30 Å². The van der Waals surface area contributed by atoms with Crippen molar-refractivity contribution in [2.75, 3.05) is 0 Å². The highest BCUT2D eigenvalue weighted by Gasteiger charge is 2.52. The average Bonchev–Trinajstić information content (AvgIpc) is 2.79. The van der Waals surface area contributed by atoms with Gasteiger partial charge in [0.1, 0.15) is 5.60 Å². The van der Waals surface area contributed by atoms with E-state index in [0.29, 0.717) is 0 Å². The number of rotatable bonds is 3. The van der Waals surface area contributed by atoms with Crippen LogP contribution in [-0.4, -0.2) is 9.39 Å². The van der Waals surface area contributed by atoms with Crippen LogP contribution in [0, 0.1) is 0 Å². The highest BCUT2D eigenvalue weighted by molar-refractivity contribution is 7.86. The summed E-state index contributed by atoms with van der Waals surface area (Å²) in [5.41, 5.74) is -0.749. The van der Waals surface area contributed by atoms with Crippen LogP contribution in [0.5, 0.6) is 0 Å². The second kappa shape index (κ2) is 6.04. The Morgan fingerprint density at radius 1 is 1.06 bits per heavy atom. The van der Waals surface area contributed by atoms with E-state index in [1.807, 2.05) is 30.3 Å². The van der Waals surface area contributed by atoms with Crippen molar-refractivity contribution < 1.29 is 4.52 Å². The first-order chi connectivity index (χ1) is 8.45. The maximum Gasteiger partial charge on any atom is 0.219 e. The van der Waals surface area contributed by atoms with Gasteiger partial charge in [0, 0.05) is 5.30 Å². The standard InChI is InChI=1S/C12H13Cl4OP/c13-12(14,15)11(8-4-5-9-11)17-18(16)10-6-2-1-3-7-10/h1-3,6-7H,4-5,8-9H2. The normalized spacial score (nSPS) is 20.9. The minimum atomic E-state index is -1.44. The van der Waals surface area contributed by atoms with E-state index in [1.165, 1.54) is 0 Å². The van der Waals surface area contributed by atoms with Gasteiger partial charge in [0.05, 0.1) is 0 Å². The van der Waals surface area contributed by atoms with Gasteiger partial charge in [0.25, 0.3) is 0 Å². The first-order valence-corrected chi connectivity index (χ1v) is 9.01. The van der Waals surface area contributed by atoms with Crippen LogP contribution >= 0.6 is 53.5 Å². The predicted molar refractivity (Wildman–Crippen MR) is 81.4 cm³/mol. The molecule has 1 aromatic carbocycles. The minimum absolute atomic E-state index is 0.738. The molecule has 0 heterocycles. The largest absolute Gasteiger partial charge is 0.329 e. The van der Waals surface area contributed by atoms with Gasteiger partial charge in [-0.1, -0.05) is 89.2 Å². The molecule has 0 saturated heterocycles. The zero-order valence-electron chi connectivity index (χ0n) is 9.58. The maximum absolute atomic E-state index is 6.35. The summed E-state index contributed by atoms with van der Waals surface area (Å²) in [6, 6.07) is 9.64. The Hall–Kier alpha value is 0.770. The number of halogens is 4. The van der Waals surface area contributed by atoms with Crippen molar-refractivity contribution in [1.29, 1.82) is 0 Å². The van der Waals surface area contributed by atoms with Gasteiger partial charge in [0.2, 0.25) is 3.79 Å². The zero-order chi connectivity index (χ0) is 13.2. The molecule has 0 aliphatic heterocycles. The molecule has 0 N–H and O–H groups in total. The summed E-state index contributed by atoms with van der Waals surface area (Å²) in [5.74, 6) is 0. The summed E-state index contributed by atoms with van der Waals surface area (Å²) < 4.78 is 4.55. The van der Waals surface area contributed by atoms with E-state index in [-0.39, 0.29) is 0 Å². The van der Waals surface area contributed by atoms with Crippen molar-refractivity contribution in [1.82, 2.24) is 0 Å². The summed E-state index contributed by atoms with van der Waals surface area (Å²) in [6.07, 6.45) is 3.48. The van der Waals surface area contributed by atoms with Gasteiger partial charge in [-0.2, -0.15) is 0 Å². The molecule has 1 saturated carbocycles. The molecule has 1 aliphatic rings. The second-order valence-electron chi connectivity index (χ2n) is 4.37. The van der Waals surface area contributed by atoms with Gasteiger partial charge in [-0.3, -0.25) is 0 Å². The van der Waals surface area contributed by atoms with Crippen LogP contribution in [0.1, 0.15) is 25.7 Å². The van der Waals surface area contributed by atoms with E-state index >= 15 is 0 Å². The summed E-state index contributed by atoms with van der Waals surface area (Å²) in [6.45, 7) is 0. The van der Waals surface area contributed by atoms with Crippen LogP contribution in [0.25, 0.3) is 0 Å². The molecule has 1 fully saturated rings. The third-order valence-electron chi connectivity index (χ3n) is 3.14. The van der Waals surface area contributed by atoms with E-state index in [1.54, 1.807) is 0 Å². The molecule has 0 aromatic heterocycles. The van der Waals surface area contributed by atoms with Gasteiger partial charge in [-0.05, 0) is 12.8 Å². The first-order valence-electron chi connectivity index (χ1n) is 5.71. The Bertz CT molecular complexity index is 387. The number of hydrogen-bond donors (Lipinski definition) is 0. The second-order valence-corrected chi connectivity index (χ2v) is 8.76. The molecule has 0 spiro atoms. The molecular weight excluding hydrogens is 333 g/mol. The van der Waals surface area contributed by atoms with Crippen molar-refractivity contribution in [2.45, 2.75) is 35.1 Å². The van der Waals surface area contributed by atoms with Gasteiger partial charge in [-0.15, -0.1) is 0 Å². The van der Waals surface area contributed by atoms with Crippen molar-refractivity contribution in [3.05, 3.63) is 30.3 Å². The highest BCUT2D eigenvalue weighted by atomic mass is 35.7. The van der Waals surface area contributed by atoms with Crippen LogP contribution in [0.3, 0.4) is 0 Å². The number of benzene rings is 1. The smallest absolute Gasteiger partial charge is 0.219 e. The number of hydrogen-bond acceptors (Lipinski definition) is 1. The van der Waals surface area contributed by atoms with E-state index in [9.17, 15) is 0 Å². The Kier molecular flexibility index (Phi) is 5.09. The molecule has 100 valence electrons. The summed E-state index contributed by atoms with van der Waals surface area (Å²) in [7, 11) is -1.28. The first kappa shape index (κ1) is 15.2. The lowest BCUT2D eigenvalue weighted by Gasteiger charge is -2.37. The van der Waals surface area contributed by atoms with Crippen LogP contribution in [-0.2, 0) is 4.52 Å². The summed E-state index contributed by atoms with van der Waals surface area (Å²) >= 11 is 24.6. The topological polar surface area (TPSA) is 9.23 Å². The fourth-order valence-electron chi connectivity index (χ4n) is 2.12. The van der Waals surface area contributed by atoms with Crippen LogP contribution in [0.15, 0.2) is 30.3 Å². The molecule has 0 radical (unpaired) electrons. The highest BCUT2D eigenvalue weighted by Crippen LogP contribution is 2.58. The quantitative estimate of drug-likeness (QED) is 0.514. The fourth-order valence-corrected chi connectivity index (χ4v) is 4.84. The zero-order valence-corrected chi connectivity index (χ0v) is 13.5. The molecule has 0 bridgehead atoms. The van der Waals surface area contributed by atoms with Gasteiger partial charge < -0.3 is 4.52 Å². The molecule has 0 amide bonds. The van der Waals surface area contributed by atoms with E-state index in [2.05, 4.69) is 0 Å². The average molecular weight is 346 g/mol. The van der Waals surface area contributed by atoms with E-state index < -0.39 is 16.9 Å². The third-order valence-corrected chi connectivity index (χ3v) is 6.18. The van der Waals surface area contributed by atoms with Crippen molar-refractivity contribution >= 4 is 58.8 Å². The monoisotopic (exact) mass is 344 g/mol. The molecule has 2 rings (SSSR count). The summed E-state index contributed by atoms with van der Waals surface area (Å²) in [5, 5.41) is 0.940. The van der Waals surface area contributed by atoms with Gasteiger partial charge in [0.15, 0.2) is 7.50 Å².